The van der Waals surface area contributed by atoms with Crippen LogP contribution in [0.15, 0.2) is 24.3 Å². The third-order valence-electron chi connectivity index (χ3n) is 2.50. The summed E-state index contributed by atoms with van der Waals surface area (Å²) in [4.78, 5) is 11.6. The van der Waals surface area contributed by atoms with Crippen LogP contribution in [0.3, 0.4) is 0 Å². The fraction of sp³-hybridized carbons (Fsp3) is 0.429. The second-order valence-electron chi connectivity index (χ2n) is 4.47. The molecule has 5 heteroatoms. The lowest BCUT2D eigenvalue weighted by Gasteiger charge is -2.14. The average Bonchev–Trinajstić information content (AvgIpc) is 2.35. The lowest BCUT2D eigenvalue weighted by atomic mass is 10.1. The summed E-state index contributed by atoms with van der Waals surface area (Å²) in [7, 11) is 0. The van der Waals surface area contributed by atoms with Gasteiger partial charge < -0.3 is 10.6 Å². The molecular formula is C14H19N3OS. The number of nitrogens with one attached hydrogen (secondary N) is 2. The monoisotopic (exact) mass is 277 g/mol. The van der Waals surface area contributed by atoms with Crippen LogP contribution >= 0.6 is 11.8 Å². The summed E-state index contributed by atoms with van der Waals surface area (Å²) in [6, 6.07) is 9.69. The molecule has 0 spiro atoms. The molecule has 2 N–H and O–H groups in total. The molecule has 1 rings (SSSR count). The van der Waals surface area contributed by atoms with Gasteiger partial charge in [-0.2, -0.15) is 17.0 Å². The number of thioether (sulfide) groups is 1. The van der Waals surface area contributed by atoms with Gasteiger partial charge in [0.2, 0.25) is 0 Å². The average molecular weight is 277 g/mol. The minimum absolute atomic E-state index is 0.0979. The zero-order chi connectivity index (χ0) is 14.3. The quantitative estimate of drug-likeness (QED) is 0.865. The van der Waals surface area contributed by atoms with Gasteiger partial charge in [-0.1, -0.05) is 12.1 Å². The Kier molecular flexibility index (Phi) is 6.23. The van der Waals surface area contributed by atoms with E-state index in [1.807, 2.05) is 44.4 Å². The molecule has 0 heterocycles. The Hall–Kier alpha value is -1.67. The molecule has 1 atom stereocenters. The summed E-state index contributed by atoms with van der Waals surface area (Å²) in [6.07, 6.45) is 2.44. The van der Waals surface area contributed by atoms with Crippen LogP contribution in [0.25, 0.3) is 0 Å². The summed E-state index contributed by atoms with van der Waals surface area (Å²) in [6.45, 7) is 3.82. The number of nitriles is 1. The molecule has 0 saturated heterocycles. The number of urea groups is 1. The zero-order valence-corrected chi connectivity index (χ0v) is 12.3. The van der Waals surface area contributed by atoms with E-state index in [1.54, 1.807) is 11.8 Å². The van der Waals surface area contributed by atoms with Gasteiger partial charge in [0.15, 0.2) is 0 Å². The van der Waals surface area contributed by atoms with Gasteiger partial charge in [0.25, 0.3) is 0 Å². The summed E-state index contributed by atoms with van der Waals surface area (Å²) < 4.78 is 0. The van der Waals surface area contributed by atoms with Gasteiger partial charge >= 0.3 is 6.03 Å². The van der Waals surface area contributed by atoms with Gasteiger partial charge in [0.05, 0.1) is 12.5 Å². The second-order valence-corrected chi connectivity index (χ2v) is 5.51. The first-order valence-corrected chi connectivity index (χ1v) is 7.42. The summed E-state index contributed by atoms with van der Waals surface area (Å²) in [5, 5.41) is 14.5. The first-order valence-electron chi connectivity index (χ1n) is 6.14. The molecular weight excluding hydrogens is 258 g/mol. The molecule has 0 aliphatic rings. The lowest BCUT2D eigenvalue weighted by molar-refractivity contribution is 0.250. The Bertz CT molecular complexity index is 468. The maximum atomic E-state index is 11.6. The second kappa shape index (κ2) is 7.70. The highest BCUT2D eigenvalue weighted by Crippen LogP contribution is 2.30. The molecule has 4 nitrogen and oxygen atoms in total. The number of carbonyl (C=O) groups is 1. The van der Waals surface area contributed by atoms with Crippen molar-refractivity contribution < 1.29 is 4.79 Å². The predicted molar refractivity (Wildman–Crippen MR) is 80.2 cm³/mol. The molecule has 1 unspecified atom stereocenters. The van der Waals surface area contributed by atoms with E-state index in [2.05, 4.69) is 16.7 Å². The maximum absolute atomic E-state index is 11.6. The van der Waals surface area contributed by atoms with E-state index in [0.717, 1.165) is 11.3 Å². The molecule has 0 aliphatic carbocycles. The number of hydrogen-bond donors (Lipinski definition) is 2. The standard InChI is InChI=1S/C14H19N3OS/c1-10(2)16-14(18)17-12-6-4-5-11(9-12)13(19-3)7-8-15/h4-6,9-10,13H,7H2,1-3H3,(H2,16,17,18). The highest BCUT2D eigenvalue weighted by atomic mass is 32.2. The molecule has 19 heavy (non-hydrogen) atoms. The van der Waals surface area contributed by atoms with E-state index in [1.165, 1.54) is 0 Å². The molecule has 0 bridgehead atoms. The van der Waals surface area contributed by atoms with Crippen LogP contribution in [-0.4, -0.2) is 18.3 Å². The normalized spacial score (nSPS) is 11.7. The van der Waals surface area contributed by atoms with Gasteiger partial charge in [-0.3, -0.25) is 0 Å². The summed E-state index contributed by atoms with van der Waals surface area (Å²) in [5.74, 6) is 0. The van der Waals surface area contributed by atoms with Gasteiger partial charge in [-0.25, -0.2) is 4.79 Å². The van der Waals surface area contributed by atoms with Crippen molar-refractivity contribution in [1.29, 1.82) is 5.26 Å². The number of anilines is 1. The van der Waals surface area contributed by atoms with Crippen LogP contribution in [0.2, 0.25) is 0 Å². The fourth-order valence-corrected chi connectivity index (χ4v) is 2.33. The van der Waals surface area contributed by atoms with Gasteiger partial charge in [0, 0.05) is 17.0 Å². The van der Waals surface area contributed by atoms with Crippen molar-refractivity contribution in [1.82, 2.24) is 5.32 Å². The predicted octanol–water partition coefficient (Wildman–Crippen LogP) is 3.53. The molecule has 102 valence electrons. The molecule has 0 radical (unpaired) electrons. The van der Waals surface area contributed by atoms with Crippen molar-refractivity contribution in [2.24, 2.45) is 0 Å². The molecule has 0 aliphatic heterocycles. The van der Waals surface area contributed by atoms with Gasteiger partial charge in [-0.05, 0) is 37.8 Å². The summed E-state index contributed by atoms with van der Waals surface area (Å²) in [5.41, 5.74) is 1.80. The number of amides is 2. The lowest BCUT2D eigenvalue weighted by Crippen LogP contribution is -2.34. The van der Waals surface area contributed by atoms with Crippen LogP contribution in [0.5, 0.6) is 0 Å². The van der Waals surface area contributed by atoms with E-state index in [0.29, 0.717) is 6.42 Å². The minimum atomic E-state index is -0.215. The van der Waals surface area contributed by atoms with E-state index in [9.17, 15) is 4.79 Å². The van der Waals surface area contributed by atoms with Gasteiger partial charge in [0.1, 0.15) is 0 Å². The molecule has 2 amide bonds. The zero-order valence-electron chi connectivity index (χ0n) is 11.4. The number of benzene rings is 1. The summed E-state index contributed by atoms with van der Waals surface area (Å²) >= 11 is 1.64. The van der Waals surface area contributed by atoms with Crippen molar-refractivity contribution in [2.75, 3.05) is 11.6 Å². The topological polar surface area (TPSA) is 64.9 Å². The Morgan fingerprint density at radius 1 is 1.47 bits per heavy atom. The highest BCUT2D eigenvalue weighted by Gasteiger charge is 2.11. The molecule has 1 aromatic carbocycles. The maximum Gasteiger partial charge on any atom is 0.319 e. The van der Waals surface area contributed by atoms with Crippen molar-refractivity contribution in [3.05, 3.63) is 29.8 Å². The molecule has 1 aromatic rings. The Morgan fingerprint density at radius 2 is 2.21 bits per heavy atom. The number of rotatable bonds is 5. The van der Waals surface area contributed by atoms with E-state index >= 15 is 0 Å². The SMILES string of the molecule is CSC(CC#N)c1cccc(NC(=O)NC(C)C)c1. The third kappa shape index (κ3) is 5.23. The minimum Gasteiger partial charge on any atom is -0.336 e. The first-order chi connectivity index (χ1) is 9.06. The number of carbonyl (C=O) groups excluding carboxylic acids is 1. The smallest absolute Gasteiger partial charge is 0.319 e. The third-order valence-corrected chi connectivity index (χ3v) is 3.51. The Labute approximate surface area is 118 Å². The van der Waals surface area contributed by atoms with Crippen molar-refractivity contribution in [2.45, 2.75) is 31.6 Å². The molecule has 0 aromatic heterocycles. The van der Waals surface area contributed by atoms with Crippen LogP contribution in [0.1, 0.15) is 31.1 Å². The van der Waals surface area contributed by atoms with Crippen molar-refractivity contribution in [3.63, 3.8) is 0 Å². The van der Waals surface area contributed by atoms with Crippen LogP contribution in [0.4, 0.5) is 10.5 Å². The van der Waals surface area contributed by atoms with E-state index in [4.69, 9.17) is 5.26 Å². The van der Waals surface area contributed by atoms with Crippen LogP contribution in [0, 0.1) is 11.3 Å². The van der Waals surface area contributed by atoms with Crippen LogP contribution in [-0.2, 0) is 0 Å². The molecule has 0 fully saturated rings. The number of hydrogen-bond acceptors (Lipinski definition) is 3. The van der Waals surface area contributed by atoms with E-state index < -0.39 is 0 Å². The number of nitrogens with zero attached hydrogens (tertiary/aromatic N) is 1. The van der Waals surface area contributed by atoms with Crippen molar-refractivity contribution in [3.8, 4) is 6.07 Å². The van der Waals surface area contributed by atoms with Gasteiger partial charge in [-0.15, -0.1) is 0 Å². The van der Waals surface area contributed by atoms with E-state index in [-0.39, 0.29) is 17.3 Å². The molecule has 0 saturated carbocycles. The highest BCUT2D eigenvalue weighted by molar-refractivity contribution is 7.98. The Morgan fingerprint density at radius 3 is 2.79 bits per heavy atom. The fourth-order valence-electron chi connectivity index (χ4n) is 1.67. The van der Waals surface area contributed by atoms with Crippen LogP contribution < -0.4 is 10.6 Å². The Balaban J connectivity index is 2.77. The first kappa shape index (κ1) is 15.4. The van der Waals surface area contributed by atoms with Crippen molar-refractivity contribution >= 4 is 23.5 Å². The largest absolute Gasteiger partial charge is 0.336 e.